The fourth-order valence-corrected chi connectivity index (χ4v) is 4.14. The van der Waals surface area contributed by atoms with E-state index in [1.807, 2.05) is 0 Å². The van der Waals surface area contributed by atoms with Gasteiger partial charge in [-0.05, 0) is 12.1 Å². The van der Waals surface area contributed by atoms with Crippen LogP contribution in [0.1, 0.15) is 25.0 Å². The van der Waals surface area contributed by atoms with Crippen LogP contribution in [0.3, 0.4) is 0 Å². The highest BCUT2D eigenvalue weighted by molar-refractivity contribution is 7.91. The van der Waals surface area contributed by atoms with Crippen LogP contribution in [0.4, 0.5) is 26.3 Å². The van der Waals surface area contributed by atoms with Crippen LogP contribution in [0.5, 0.6) is 0 Å². The Morgan fingerprint density at radius 2 is 1.81 bits per heavy atom. The Kier molecular flexibility index (Phi) is 7.12. The zero-order chi connectivity index (χ0) is 27.1. The number of hydrogen-bond acceptors (Lipinski definition) is 7. The lowest BCUT2D eigenvalue weighted by Gasteiger charge is -2.16. The molecule has 194 valence electrons. The smallest absolute Gasteiger partial charge is 0.310 e. The van der Waals surface area contributed by atoms with Crippen molar-refractivity contribution in [1.82, 2.24) is 24.5 Å². The van der Waals surface area contributed by atoms with Gasteiger partial charge in [-0.15, -0.1) is 0 Å². The van der Waals surface area contributed by atoms with Crippen molar-refractivity contribution in [3.63, 3.8) is 0 Å². The van der Waals surface area contributed by atoms with Gasteiger partial charge in [0, 0.05) is 31.9 Å². The third kappa shape index (κ3) is 5.80. The van der Waals surface area contributed by atoms with Crippen molar-refractivity contribution in [2.24, 2.45) is 12.1 Å². The number of pyridine rings is 2. The molecule has 0 bridgehead atoms. The molecule has 0 N–H and O–H groups in total. The van der Waals surface area contributed by atoms with Crippen LogP contribution in [-0.4, -0.2) is 63.5 Å². The molecule has 3 rings (SSSR count). The zero-order valence-electron chi connectivity index (χ0n) is 18.9. The lowest BCUT2D eigenvalue weighted by atomic mass is 10.2. The number of fused-ring (bicyclic) bond motifs is 1. The van der Waals surface area contributed by atoms with Crippen molar-refractivity contribution in [3.8, 4) is 11.5 Å². The summed E-state index contributed by atoms with van der Waals surface area (Å²) in [6, 6.07) is 1.84. The van der Waals surface area contributed by atoms with Gasteiger partial charge in [-0.1, -0.05) is 6.92 Å². The fraction of sp³-hybridized carbons (Fsp3) is 0.350. The number of amides is 1. The Morgan fingerprint density at radius 3 is 2.36 bits per heavy atom. The number of rotatable bonds is 6. The molecule has 3 aromatic heterocycles. The minimum Gasteiger partial charge on any atom is -0.310 e. The molecular weight excluding hydrogens is 518 g/mol. The number of aryl methyl sites for hydroxylation is 1. The van der Waals surface area contributed by atoms with Gasteiger partial charge >= 0.3 is 12.4 Å². The number of hydrogen-bond donors (Lipinski definition) is 0. The third-order valence-electron chi connectivity index (χ3n) is 4.88. The lowest BCUT2D eigenvalue weighted by Crippen LogP contribution is -2.33. The summed E-state index contributed by atoms with van der Waals surface area (Å²) in [6.45, 7) is 0.561. The third-order valence-corrected chi connectivity index (χ3v) is 6.62. The molecule has 0 saturated heterocycles. The quantitative estimate of drug-likeness (QED) is 0.271. The van der Waals surface area contributed by atoms with Crippen LogP contribution in [0.25, 0.3) is 22.7 Å². The highest BCUT2D eigenvalue weighted by Gasteiger charge is 2.33. The number of carbonyl (C=O) groups excluding carboxylic acids is 1. The molecule has 36 heavy (non-hydrogen) atoms. The Bertz CT molecular complexity index is 1450. The second-order valence-corrected chi connectivity index (χ2v) is 9.76. The van der Waals surface area contributed by atoms with Gasteiger partial charge in [0.05, 0.1) is 22.4 Å². The molecule has 0 saturated carbocycles. The van der Waals surface area contributed by atoms with E-state index in [1.54, 1.807) is 0 Å². The number of aromatic nitrogens is 4. The maximum atomic E-state index is 13.1. The summed E-state index contributed by atoms with van der Waals surface area (Å²) in [6.07, 6.45) is -6.86. The van der Waals surface area contributed by atoms with Crippen LogP contribution in [0.2, 0.25) is 0 Å². The highest BCUT2D eigenvalue weighted by Crippen LogP contribution is 2.32. The SMILES string of the molecule is CCS(=O)(=O)c1cc(/C=N/N(CC(F)(F)F)C(C)=O)cnc1-c1nc2cc(C(F)(F)F)cnc2n1C. The van der Waals surface area contributed by atoms with Gasteiger partial charge in [-0.2, -0.15) is 31.4 Å². The Labute approximate surface area is 200 Å². The van der Waals surface area contributed by atoms with Crippen molar-refractivity contribution in [3.05, 3.63) is 35.7 Å². The minimum absolute atomic E-state index is 0.0366. The van der Waals surface area contributed by atoms with Crippen molar-refractivity contribution < 1.29 is 39.6 Å². The molecule has 0 aliphatic carbocycles. The molecule has 0 fully saturated rings. The van der Waals surface area contributed by atoms with E-state index in [9.17, 15) is 39.6 Å². The van der Waals surface area contributed by atoms with E-state index in [4.69, 9.17) is 0 Å². The standard InChI is InChI=1S/C20H18F6N6O3S/c1-4-36(34,35)15-5-12(8-29-32(11(2)33)10-19(21,22)23)7-27-16(15)18-30-14-6-13(20(24,25)26)9-28-17(14)31(18)3/h5-9H,4,10H2,1-3H3/b29-8+. The molecule has 9 nitrogen and oxygen atoms in total. The monoisotopic (exact) mass is 536 g/mol. The Hall–Kier alpha value is -3.56. The number of sulfone groups is 1. The van der Waals surface area contributed by atoms with E-state index in [0.717, 1.165) is 31.5 Å². The van der Waals surface area contributed by atoms with Crippen LogP contribution < -0.4 is 0 Å². The Balaban J connectivity index is 2.13. The van der Waals surface area contributed by atoms with Gasteiger partial charge in [-0.25, -0.2) is 23.4 Å². The first kappa shape index (κ1) is 27.0. The predicted molar refractivity (Wildman–Crippen MR) is 116 cm³/mol. The van der Waals surface area contributed by atoms with E-state index < -0.39 is 46.0 Å². The lowest BCUT2D eigenvalue weighted by molar-refractivity contribution is -0.159. The number of carbonyl (C=O) groups is 1. The molecule has 16 heteroatoms. The number of imidazole rings is 1. The van der Waals surface area contributed by atoms with E-state index in [-0.39, 0.29) is 38.2 Å². The topological polar surface area (TPSA) is 110 Å². The average Bonchev–Trinajstić information content (AvgIpc) is 3.10. The number of halogens is 6. The number of hydrazone groups is 1. The summed E-state index contributed by atoms with van der Waals surface area (Å²) in [5.41, 5.74) is -1.42. The predicted octanol–water partition coefficient (Wildman–Crippen LogP) is 3.59. The molecule has 0 spiro atoms. The molecule has 3 heterocycles. The highest BCUT2D eigenvalue weighted by atomic mass is 32.2. The van der Waals surface area contributed by atoms with E-state index >= 15 is 0 Å². The average molecular weight is 536 g/mol. The largest absolute Gasteiger partial charge is 0.417 e. The molecule has 0 aliphatic rings. The molecule has 0 unspecified atom stereocenters. The summed E-state index contributed by atoms with van der Waals surface area (Å²) in [4.78, 5) is 23.0. The van der Waals surface area contributed by atoms with Crippen molar-refractivity contribution >= 4 is 33.1 Å². The molecule has 0 aliphatic heterocycles. The minimum atomic E-state index is -4.72. The van der Waals surface area contributed by atoms with E-state index in [1.165, 1.54) is 18.5 Å². The molecule has 0 atom stereocenters. The summed E-state index contributed by atoms with van der Waals surface area (Å²) in [7, 11) is -2.60. The molecule has 0 aromatic carbocycles. The molecule has 3 aromatic rings. The Morgan fingerprint density at radius 1 is 1.14 bits per heavy atom. The maximum Gasteiger partial charge on any atom is 0.417 e. The van der Waals surface area contributed by atoms with Crippen LogP contribution in [0.15, 0.2) is 34.5 Å². The fourth-order valence-electron chi connectivity index (χ4n) is 3.07. The van der Waals surface area contributed by atoms with Gasteiger partial charge < -0.3 is 4.57 Å². The number of alkyl halides is 6. The van der Waals surface area contributed by atoms with Crippen molar-refractivity contribution in [1.29, 1.82) is 0 Å². The maximum absolute atomic E-state index is 13.1. The van der Waals surface area contributed by atoms with Gasteiger partial charge in [0.1, 0.15) is 17.8 Å². The number of nitrogens with zero attached hydrogens (tertiary/aromatic N) is 6. The van der Waals surface area contributed by atoms with E-state index in [0.29, 0.717) is 6.20 Å². The van der Waals surface area contributed by atoms with Gasteiger partial charge in [0.25, 0.3) is 0 Å². The van der Waals surface area contributed by atoms with Gasteiger partial charge in [0.15, 0.2) is 21.3 Å². The summed E-state index contributed by atoms with van der Waals surface area (Å²) < 4.78 is 104. The van der Waals surface area contributed by atoms with E-state index in [2.05, 4.69) is 20.1 Å². The molecular formula is C20H18F6N6O3S. The van der Waals surface area contributed by atoms with Crippen LogP contribution in [-0.2, 0) is 27.9 Å². The first-order valence-electron chi connectivity index (χ1n) is 10.0. The second-order valence-electron chi connectivity index (χ2n) is 7.51. The first-order valence-corrected chi connectivity index (χ1v) is 11.7. The molecule has 1 amide bonds. The van der Waals surface area contributed by atoms with Crippen molar-refractivity contribution in [2.45, 2.75) is 31.1 Å². The molecule has 0 radical (unpaired) electrons. The van der Waals surface area contributed by atoms with Crippen LogP contribution >= 0.6 is 0 Å². The van der Waals surface area contributed by atoms with Crippen LogP contribution in [0, 0.1) is 0 Å². The normalized spacial score (nSPS) is 13.0. The summed E-state index contributed by atoms with van der Waals surface area (Å²) >= 11 is 0. The summed E-state index contributed by atoms with van der Waals surface area (Å²) in [5, 5.41) is 3.63. The summed E-state index contributed by atoms with van der Waals surface area (Å²) in [5.74, 6) is -1.49. The van der Waals surface area contributed by atoms with Gasteiger partial charge in [0.2, 0.25) is 5.91 Å². The zero-order valence-corrected chi connectivity index (χ0v) is 19.7. The van der Waals surface area contributed by atoms with Crippen molar-refractivity contribution in [2.75, 3.05) is 12.3 Å². The first-order chi connectivity index (χ1) is 16.5. The second kappa shape index (κ2) is 9.48. The van der Waals surface area contributed by atoms with Gasteiger partial charge in [-0.3, -0.25) is 9.78 Å².